The summed E-state index contributed by atoms with van der Waals surface area (Å²) in [6, 6.07) is 1.38. The normalized spacial score (nSPS) is 12.2. The van der Waals surface area contributed by atoms with Crippen molar-refractivity contribution in [2.75, 3.05) is 20.8 Å². The molecule has 0 spiro atoms. The van der Waals surface area contributed by atoms with Crippen molar-refractivity contribution in [3.8, 4) is 0 Å². The Morgan fingerprint density at radius 1 is 1.56 bits per heavy atom. The number of hydrogen-bond donors (Lipinski definition) is 1. The predicted octanol–water partition coefficient (Wildman–Crippen LogP) is 1.01. The maximum Gasteiger partial charge on any atom is 0.311 e. The molecule has 1 rings (SSSR count). The van der Waals surface area contributed by atoms with Crippen LogP contribution in [0.15, 0.2) is 16.7 Å². The number of hydrogen-bond acceptors (Lipinski definition) is 4. The van der Waals surface area contributed by atoms with Crippen LogP contribution in [-0.2, 0) is 16.0 Å². The van der Waals surface area contributed by atoms with Crippen LogP contribution in [0.2, 0.25) is 0 Å². The van der Waals surface area contributed by atoms with E-state index >= 15 is 0 Å². The molecule has 0 aliphatic carbocycles. The lowest BCUT2D eigenvalue weighted by molar-refractivity contribution is -0.136. The van der Waals surface area contributed by atoms with Crippen LogP contribution in [0.1, 0.15) is 23.0 Å². The first kappa shape index (κ1) is 14.2. The molecular formula is C12H17NO5. The number of ether oxygens (including phenoxy) is 1. The lowest BCUT2D eigenvalue weighted by Crippen LogP contribution is -2.38. The first-order chi connectivity index (χ1) is 8.47. The maximum atomic E-state index is 12.1. The first-order valence-electron chi connectivity index (χ1n) is 5.51. The second-order valence-corrected chi connectivity index (χ2v) is 4.05. The van der Waals surface area contributed by atoms with E-state index in [-0.39, 0.29) is 29.7 Å². The monoisotopic (exact) mass is 255 g/mol. The third-order valence-electron chi connectivity index (χ3n) is 2.68. The molecule has 1 aromatic rings. The van der Waals surface area contributed by atoms with E-state index < -0.39 is 5.97 Å². The van der Waals surface area contributed by atoms with E-state index in [2.05, 4.69) is 0 Å². The van der Waals surface area contributed by atoms with Crippen molar-refractivity contribution >= 4 is 11.9 Å². The summed E-state index contributed by atoms with van der Waals surface area (Å²) in [6.07, 6.45) is 1.01. The lowest BCUT2D eigenvalue weighted by Gasteiger charge is -2.24. The highest BCUT2D eigenvalue weighted by Gasteiger charge is 2.22. The van der Waals surface area contributed by atoms with E-state index in [0.717, 1.165) is 0 Å². The van der Waals surface area contributed by atoms with Crippen LogP contribution < -0.4 is 0 Å². The third kappa shape index (κ3) is 3.33. The summed E-state index contributed by atoms with van der Waals surface area (Å²) in [5.74, 6) is -1.14. The summed E-state index contributed by atoms with van der Waals surface area (Å²) < 4.78 is 10.0. The van der Waals surface area contributed by atoms with Gasteiger partial charge >= 0.3 is 5.97 Å². The van der Waals surface area contributed by atoms with E-state index in [4.69, 9.17) is 14.3 Å². The molecule has 0 radical (unpaired) electrons. The molecule has 0 fully saturated rings. The molecule has 1 unspecified atom stereocenters. The minimum Gasteiger partial charge on any atom is -0.481 e. The predicted molar refractivity (Wildman–Crippen MR) is 63.5 cm³/mol. The highest BCUT2D eigenvalue weighted by molar-refractivity contribution is 5.96. The Morgan fingerprint density at radius 2 is 2.22 bits per heavy atom. The van der Waals surface area contributed by atoms with Gasteiger partial charge in [-0.2, -0.15) is 0 Å². The molecule has 18 heavy (non-hydrogen) atoms. The van der Waals surface area contributed by atoms with E-state index in [1.165, 1.54) is 17.2 Å². The Balaban J connectivity index is 2.83. The molecule has 0 aromatic carbocycles. The van der Waals surface area contributed by atoms with Gasteiger partial charge in [0.1, 0.15) is 12.2 Å². The molecule has 6 nitrogen and oxygen atoms in total. The highest BCUT2D eigenvalue weighted by atomic mass is 16.5. The quantitative estimate of drug-likeness (QED) is 0.820. The molecular weight excluding hydrogens is 238 g/mol. The van der Waals surface area contributed by atoms with E-state index in [9.17, 15) is 9.59 Å². The first-order valence-corrected chi connectivity index (χ1v) is 5.51. The smallest absolute Gasteiger partial charge is 0.311 e. The largest absolute Gasteiger partial charge is 0.481 e. The van der Waals surface area contributed by atoms with Crippen LogP contribution in [0.4, 0.5) is 0 Å². The summed E-state index contributed by atoms with van der Waals surface area (Å²) >= 11 is 0. The number of furan rings is 1. The van der Waals surface area contributed by atoms with Crippen molar-refractivity contribution in [3.05, 3.63) is 23.7 Å². The SMILES string of the molecule is COCC(C)N(C)C(=O)c1ccoc1CC(=O)O. The number of nitrogens with zero attached hydrogens (tertiary/aromatic N) is 1. The summed E-state index contributed by atoms with van der Waals surface area (Å²) in [5, 5.41) is 8.72. The van der Waals surface area contributed by atoms with Crippen molar-refractivity contribution in [2.45, 2.75) is 19.4 Å². The van der Waals surface area contributed by atoms with E-state index in [1.54, 1.807) is 14.2 Å². The van der Waals surface area contributed by atoms with Gasteiger partial charge in [-0.3, -0.25) is 9.59 Å². The summed E-state index contributed by atoms with van der Waals surface area (Å²) in [5.41, 5.74) is 0.280. The van der Waals surface area contributed by atoms with E-state index in [1.807, 2.05) is 6.92 Å². The van der Waals surface area contributed by atoms with Crippen molar-refractivity contribution in [1.29, 1.82) is 0 Å². The molecule has 0 saturated heterocycles. The zero-order valence-electron chi connectivity index (χ0n) is 10.7. The number of aliphatic carboxylic acids is 1. The zero-order chi connectivity index (χ0) is 13.7. The number of carboxylic acid groups (broad SMARTS) is 1. The molecule has 0 aliphatic heterocycles. The minimum absolute atomic E-state index is 0.102. The maximum absolute atomic E-state index is 12.1. The summed E-state index contributed by atoms with van der Waals surface area (Å²) in [4.78, 5) is 24.3. The highest BCUT2D eigenvalue weighted by Crippen LogP contribution is 2.15. The van der Waals surface area contributed by atoms with E-state index in [0.29, 0.717) is 6.61 Å². The van der Waals surface area contributed by atoms with Gasteiger partial charge < -0.3 is 19.2 Å². The van der Waals surface area contributed by atoms with Crippen LogP contribution in [0.25, 0.3) is 0 Å². The van der Waals surface area contributed by atoms with Gasteiger partial charge in [0.15, 0.2) is 0 Å². The Bertz CT molecular complexity index is 426. The van der Waals surface area contributed by atoms with Crippen LogP contribution in [-0.4, -0.2) is 48.7 Å². The van der Waals surface area contributed by atoms with Crippen molar-refractivity contribution in [2.24, 2.45) is 0 Å². The van der Waals surface area contributed by atoms with Gasteiger partial charge in [-0.1, -0.05) is 0 Å². The van der Waals surface area contributed by atoms with Crippen LogP contribution in [0.3, 0.4) is 0 Å². The topological polar surface area (TPSA) is 80.0 Å². The summed E-state index contributed by atoms with van der Waals surface area (Å²) in [7, 11) is 3.20. The summed E-state index contributed by atoms with van der Waals surface area (Å²) in [6.45, 7) is 2.26. The second-order valence-electron chi connectivity index (χ2n) is 4.05. The third-order valence-corrected chi connectivity index (χ3v) is 2.68. The number of carbonyl (C=O) groups excluding carboxylic acids is 1. The van der Waals surface area contributed by atoms with Crippen molar-refractivity contribution < 1.29 is 23.8 Å². The standard InChI is InChI=1S/C12H17NO5/c1-8(7-17-3)13(2)12(16)9-4-5-18-10(9)6-11(14)15/h4-5,8H,6-7H2,1-3H3,(H,14,15). The van der Waals surface area contributed by atoms with Crippen LogP contribution >= 0.6 is 0 Å². The number of carbonyl (C=O) groups is 2. The van der Waals surface area contributed by atoms with Gasteiger partial charge in [0.05, 0.1) is 24.5 Å². The molecule has 1 atom stereocenters. The fourth-order valence-electron chi connectivity index (χ4n) is 1.55. The molecule has 6 heteroatoms. The minimum atomic E-state index is -1.04. The molecule has 0 aliphatic rings. The number of likely N-dealkylation sites (N-methyl/N-ethyl adjacent to an activating group) is 1. The molecule has 1 aromatic heterocycles. The van der Waals surface area contributed by atoms with Gasteiger partial charge in [0.2, 0.25) is 0 Å². The number of rotatable bonds is 6. The Morgan fingerprint density at radius 3 is 2.78 bits per heavy atom. The number of methoxy groups -OCH3 is 1. The second kappa shape index (κ2) is 6.20. The van der Waals surface area contributed by atoms with Gasteiger partial charge in [0, 0.05) is 14.2 Å². The fourth-order valence-corrected chi connectivity index (χ4v) is 1.55. The average Bonchev–Trinajstić information content (AvgIpc) is 2.74. The molecule has 1 amide bonds. The molecule has 0 saturated carbocycles. The molecule has 0 bridgehead atoms. The number of amides is 1. The average molecular weight is 255 g/mol. The van der Waals surface area contributed by atoms with Gasteiger partial charge in [-0.25, -0.2) is 0 Å². The lowest BCUT2D eigenvalue weighted by atomic mass is 10.1. The van der Waals surface area contributed by atoms with Gasteiger partial charge in [0.25, 0.3) is 5.91 Å². The Kier molecular flexibility index (Phi) is 4.91. The number of carboxylic acids is 1. The van der Waals surface area contributed by atoms with Gasteiger partial charge in [-0.05, 0) is 13.0 Å². The Labute approximate surface area is 105 Å². The Hall–Kier alpha value is -1.82. The zero-order valence-corrected chi connectivity index (χ0v) is 10.7. The van der Waals surface area contributed by atoms with Gasteiger partial charge in [-0.15, -0.1) is 0 Å². The van der Waals surface area contributed by atoms with Crippen LogP contribution in [0.5, 0.6) is 0 Å². The molecule has 100 valence electrons. The molecule has 1 N–H and O–H groups in total. The molecule has 1 heterocycles. The fraction of sp³-hybridized carbons (Fsp3) is 0.500. The van der Waals surface area contributed by atoms with Crippen LogP contribution in [0, 0.1) is 0 Å². The van der Waals surface area contributed by atoms with Crippen molar-refractivity contribution in [3.63, 3.8) is 0 Å². The van der Waals surface area contributed by atoms with Crippen molar-refractivity contribution in [1.82, 2.24) is 4.90 Å².